The third-order valence-corrected chi connectivity index (χ3v) is 17.2. The maximum absolute atomic E-state index is 14.9. The molecule has 2 heterocycles. The normalized spacial score (nSPS) is 43.6. The molecule has 9 atom stereocenters. The molecule has 1 spiro atoms. The van der Waals surface area contributed by atoms with E-state index in [4.69, 9.17) is 23.1 Å². The zero-order valence-corrected chi connectivity index (χ0v) is 28.5. The average Bonchev–Trinajstić information content (AvgIpc) is 3.21. The number of ether oxygens (including phenoxy) is 3. The van der Waals surface area contributed by atoms with Crippen LogP contribution in [0.3, 0.4) is 0 Å². The molecule has 3 aliphatic carbocycles. The van der Waals surface area contributed by atoms with E-state index >= 15 is 0 Å². The van der Waals surface area contributed by atoms with Crippen LogP contribution in [0.25, 0.3) is 0 Å². The Balaban J connectivity index is 1.78. The molecule has 2 aliphatic heterocycles. The summed E-state index contributed by atoms with van der Waals surface area (Å²) < 4.78 is 32.0. The van der Waals surface area contributed by atoms with Gasteiger partial charge in [-0.25, -0.2) is 4.79 Å². The summed E-state index contributed by atoms with van der Waals surface area (Å²) >= 11 is 0. The maximum atomic E-state index is 14.9. The highest BCUT2D eigenvalue weighted by Gasteiger charge is 2.79. The standard InChI is InChI=1S/C30H50O9Si2/c1-11-41(12-2,13-3)39-19-14-20-29(34,16-35-20)23-25-30(37-26(33)36-25)15-18(38-40(8,9)10)17(4)21(27(30,5)6)22(31)24(32)28(19,23)7/h18-20,22-23,25,31,34H,11-16H2,1-10H3/t18-,19-,20+,22+,23-,25?,28+,29-,30+/m0/s1. The number of aliphatic hydroxyl groups is 2. The van der Waals surface area contributed by atoms with Crippen LogP contribution >= 0.6 is 0 Å². The lowest BCUT2D eigenvalue weighted by Crippen LogP contribution is -2.80. The average molecular weight is 611 g/mol. The van der Waals surface area contributed by atoms with Gasteiger partial charge in [0.2, 0.25) is 0 Å². The zero-order valence-electron chi connectivity index (χ0n) is 26.5. The van der Waals surface area contributed by atoms with Crippen molar-refractivity contribution in [2.24, 2.45) is 16.7 Å². The Morgan fingerprint density at radius 1 is 1.02 bits per heavy atom. The van der Waals surface area contributed by atoms with Crippen molar-refractivity contribution < 1.29 is 42.9 Å². The predicted molar refractivity (Wildman–Crippen MR) is 157 cm³/mol. The van der Waals surface area contributed by atoms with Crippen LogP contribution in [0.15, 0.2) is 11.1 Å². The molecule has 2 bridgehead atoms. The SMILES string of the molecule is CC[Si](CC)(CC)O[C@H]1C[C@H]2OC[C@@]2(O)[C@H]2C3OC(=O)O[C@]34C[C@H](O[Si](C)(C)C)C(C)=C([C@@H](O)C(=O)[C@]12C)C4(C)C. The first-order valence-electron chi connectivity index (χ1n) is 15.4. The summed E-state index contributed by atoms with van der Waals surface area (Å²) in [6, 6.07) is 2.63. The van der Waals surface area contributed by atoms with E-state index in [0.29, 0.717) is 18.4 Å². The number of hydrogen-bond acceptors (Lipinski definition) is 9. The summed E-state index contributed by atoms with van der Waals surface area (Å²) in [5.41, 5.74) is -3.79. The van der Waals surface area contributed by atoms with Gasteiger partial charge in [-0.05, 0) is 62.8 Å². The van der Waals surface area contributed by atoms with E-state index in [1.165, 1.54) is 0 Å². The van der Waals surface area contributed by atoms with Crippen LogP contribution in [0.2, 0.25) is 37.8 Å². The van der Waals surface area contributed by atoms with Crippen molar-refractivity contribution in [2.75, 3.05) is 6.61 Å². The number of fused-ring (bicyclic) bond motifs is 5. The molecule has 4 fully saturated rings. The Hall–Kier alpha value is -1.09. The van der Waals surface area contributed by atoms with Gasteiger partial charge in [0.1, 0.15) is 11.7 Å². The Kier molecular flexibility index (Phi) is 7.42. The highest BCUT2D eigenvalue weighted by atomic mass is 28.4. The fourth-order valence-corrected chi connectivity index (χ4v) is 13.0. The molecule has 0 radical (unpaired) electrons. The van der Waals surface area contributed by atoms with Crippen molar-refractivity contribution in [1.82, 2.24) is 0 Å². The van der Waals surface area contributed by atoms with Gasteiger partial charge < -0.3 is 33.3 Å². The third-order valence-electron chi connectivity index (χ3n) is 11.6. The summed E-state index contributed by atoms with van der Waals surface area (Å²) in [5, 5.41) is 24.5. The smallest absolute Gasteiger partial charge is 0.426 e. The second-order valence-electron chi connectivity index (χ2n) is 14.8. The van der Waals surface area contributed by atoms with E-state index in [-0.39, 0.29) is 6.61 Å². The van der Waals surface area contributed by atoms with E-state index < -0.39 is 87.0 Å². The zero-order chi connectivity index (χ0) is 30.6. The largest absolute Gasteiger partial charge is 0.509 e. The summed E-state index contributed by atoms with van der Waals surface area (Å²) in [6.45, 7) is 20.2. The number of aliphatic hydroxyl groups excluding tert-OH is 1. The lowest BCUT2D eigenvalue weighted by molar-refractivity contribution is -0.332. The Bertz CT molecular complexity index is 1140. The third kappa shape index (κ3) is 4.16. The number of ketones is 1. The van der Waals surface area contributed by atoms with Gasteiger partial charge in [0, 0.05) is 24.2 Å². The van der Waals surface area contributed by atoms with E-state index in [1.807, 2.05) is 20.8 Å². The van der Waals surface area contributed by atoms with Crippen molar-refractivity contribution in [3.63, 3.8) is 0 Å². The number of carbonyl (C=O) groups excluding carboxylic acids is 2. The van der Waals surface area contributed by atoms with E-state index in [1.54, 1.807) is 6.92 Å². The first kappa shape index (κ1) is 31.3. The minimum atomic E-state index is -2.25. The Labute approximate surface area is 246 Å². The molecule has 5 rings (SSSR count). The van der Waals surface area contributed by atoms with Crippen LogP contribution in [0.4, 0.5) is 4.79 Å². The summed E-state index contributed by atoms with van der Waals surface area (Å²) in [7, 11) is -4.36. The lowest BCUT2D eigenvalue weighted by atomic mass is 9.45. The quantitative estimate of drug-likeness (QED) is 0.240. The molecule has 11 heteroatoms. The van der Waals surface area contributed by atoms with E-state index in [0.717, 1.165) is 23.7 Å². The van der Waals surface area contributed by atoms with Gasteiger partial charge >= 0.3 is 6.16 Å². The van der Waals surface area contributed by atoms with E-state index in [9.17, 15) is 19.8 Å². The number of hydrogen-bond donors (Lipinski definition) is 2. The first-order chi connectivity index (χ1) is 18.9. The predicted octanol–water partition coefficient (Wildman–Crippen LogP) is 4.72. The molecule has 2 saturated carbocycles. The van der Waals surface area contributed by atoms with Crippen LogP contribution in [-0.4, -0.2) is 87.1 Å². The molecule has 2 saturated heterocycles. The van der Waals surface area contributed by atoms with Crippen molar-refractivity contribution in [3.8, 4) is 0 Å². The molecular formula is C30H50O9Si2. The monoisotopic (exact) mass is 610 g/mol. The fraction of sp³-hybridized carbons (Fsp3) is 0.867. The molecule has 232 valence electrons. The molecule has 0 aromatic carbocycles. The highest BCUT2D eigenvalue weighted by Crippen LogP contribution is 2.66. The summed E-state index contributed by atoms with van der Waals surface area (Å²) in [6.07, 6.45) is -4.36. The van der Waals surface area contributed by atoms with Crippen molar-refractivity contribution in [2.45, 2.75) is 141 Å². The van der Waals surface area contributed by atoms with Gasteiger partial charge in [0.05, 0.1) is 30.3 Å². The minimum Gasteiger partial charge on any atom is -0.426 e. The lowest BCUT2D eigenvalue weighted by Gasteiger charge is -2.66. The van der Waals surface area contributed by atoms with Crippen molar-refractivity contribution >= 4 is 28.6 Å². The maximum Gasteiger partial charge on any atom is 0.509 e. The molecule has 0 amide bonds. The molecular weight excluding hydrogens is 560 g/mol. The molecule has 41 heavy (non-hydrogen) atoms. The molecule has 2 N–H and O–H groups in total. The number of Topliss-reactive ketones (excluding diaryl/α,β-unsaturated/α-hetero) is 1. The topological polar surface area (TPSA) is 121 Å². The van der Waals surface area contributed by atoms with Gasteiger partial charge in [0.15, 0.2) is 34.1 Å². The van der Waals surface area contributed by atoms with Gasteiger partial charge in [-0.15, -0.1) is 0 Å². The molecule has 0 aromatic heterocycles. The van der Waals surface area contributed by atoms with Crippen LogP contribution in [0.5, 0.6) is 0 Å². The Morgan fingerprint density at radius 3 is 2.15 bits per heavy atom. The van der Waals surface area contributed by atoms with Crippen LogP contribution in [0, 0.1) is 16.7 Å². The molecule has 9 nitrogen and oxygen atoms in total. The molecule has 0 aromatic rings. The number of carbonyl (C=O) groups is 2. The van der Waals surface area contributed by atoms with Crippen LogP contribution < -0.4 is 0 Å². The minimum absolute atomic E-state index is 0.00698. The van der Waals surface area contributed by atoms with Gasteiger partial charge in [-0.3, -0.25) is 4.79 Å². The Morgan fingerprint density at radius 2 is 1.63 bits per heavy atom. The fourth-order valence-electron chi connectivity index (χ4n) is 8.98. The van der Waals surface area contributed by atoms with Gasteiger partial charge in [-0.2, -0.15) is 0 Å². The summed E-state index contributed by atoms with van der Waals surface area (Å²) in [5.74, 6) is -1.32. The highest BCUT2D eigenvalue weighted by molar-refractivity contribution is 6.73. The number of rotatable bonds is 7. The molecule has 1 unspecified atom stereocenters. The van der Waals surface area contributed by atoms with Gasteiger partial charge in [0.25, 0.3) is 0 Å². The molecule has 5 aliphatic rings. The van der Waals surface area contributed by atoms with Crippen molar-refractivity contribution in [3.05, 3.63) is 11.1 Å². The van der Waals surface area contributed by atoms with Crippen LogP contribution in [0.1, 0.15) is 61.3 Å². The van der Waals surface area contributed by atoms with E-state index in [2.05, 4.69) is 40.4 Å². The second-order valence-corrected chi connectivity index (χ2v) is 24.0. The second kappa shape index (κ2) is 9.71. The summed E-state index contributed by atoms with van der Waals surface area (Å²) in [4.78, 5) is 28.1. The van der Waals surface area contributed by atoms with Gasteiger partial charge in [-0.1, -0.05) is 34.6 Å². The first-order valence-corrected chi connectivity index (χ1v) is 21.3. The van der Waals surface area contributed by atoms with Crippen molar-refractivity contribution in [1.29, 1.82) is 0 Å². The van der Waals surface area contributed by atoms with Crippen LogP contribution in [-0.2, 0) is 27.9 Å².